The molecule has 1 amide bonds. The van der Waals surface area contributed by atoms with Crippen molar-refractivity contribution in [2.24, 2.45) is 0 Å². The van der Waals surface area contributed by atoms with Gasteiger partial charge in [0.2, 0.25) is 10.0 Å². The highest BCUT2D eigenvalue weighted by Gasteiger charge is 2.26. The van der Waals surface area contributed by atoms with Gasteiger partial charge in [0.1, 0.15) is 0 Å². The van der Waals surface area contributed by atoms with E-state index in [0.29, 0.717) is 45.0 Å². The van der Waals surface area contributed by atoms with Crippen LogP contribution in [0.1, 0.15) is 21.5 Å². The Morgan fingerprint density at radius 2 is 1.28 bits per heavy atom. The molecule has 0 N–H and O–H groups in total. The maximum atomic E-state index is 13.4. The zero-order chi connectivity index (χ0) is 22.4. The van der Waals surface area contributed by atoms with Crippen LogP contribution in [0.3, 0.4) is 0 Å². The predicted octanol–water partition coefficient (Wildman–Crippen LogP) is 3.55. The van der Waals surface area contributed by atoms with Gasteiger partial charge in [0.25, 0.3) is 5.91 Å². The van der Waals surface area contributed by atoms with E-state index in [1.165, 1.54) is 16.4 Å². The van der Waals surface area contributed by atoms with Crippen LogP contribution < -0.4 is 0 Å². The fourth-order valence-corrected chi connectivity index (χ4v) is 5.10. The number of carbonyl (C=O) groups is 1. The number of benzene rings is 3. The van der Waals surface area contributed by atoms with Crippen molar-refractivity contribution < 1.29 is 17.9 Å². The van der Waals surface area contributed by atoms with Gasteiger partial charge in [-0.25, -0.2) is 8.42 Å². The molecule has 3 aromatic carbocycles. The summed E-state index contributed by atoms with van der Waals surface area (Å²) in [6, 6.07) is 25.9. The van der Waals surface area contributed by atoms with Crippen LogP contribution in [0.5, 0.6) is 0 Å². The van der Waals surface area contributed by atoms with E-state index in [9.17, 15) is 13.2 Å². The third kappa shape index (κ3) is 5.24. The molecule has 32 heavy (non-hydrogen) atoms. The van der Waals surface area contributed by atoms with E-state index in [-0.39, 0.29) is 10.8 Å². The van der Waals surface area contributed by atoms with Crippen LogP contribution >= 0.6 is 0 Å². The van der Waals surface area contributed by atoms with Crippen LogP contribution in [0.4, 0.5) is 0 Å². The molecule has 0 aromatic heterocycles. The third-order valence-corrected chi connectivity index (χ3v) is 7.34. The van der Waals surface area contributed by atoms with Gasteiger partial charge >= 0.3 is 0 Å². The number of amides is 1. The van der Waals surface area contributed by atoms with Gasteiger partial charge in [0.05, 0.1) is 18.1 Å². The van der Waals surface area contributed by atoms with Crippen molar-refractivity contribution in [1.82, 2.24) is 9.21 Å². The fraction of sp³-hybridized carbons (Fsp3) is 0.240. The Morgan fingerprint density at radius 3 is 1.78 bits per heavy atom. The highest BCUT2D eigenvalue weighted by Crippen LogP contribution is 2.20. The van der Waals surface area contributed by atoms with Gasteiger partial charge in [-0.3, -0.25) is 4.79 Å². The maximum absolute atomic E-state index is 13.4. The molecule has 0 aliphatic carbocycles. The molecule has 0 spiro atoms. The fourth-order valence-electron chi connectivity index (χ4n) is 3.70. The Balaban J connectivity index is 1.56. The molecule has 1 saturated heterocycles. The zero-order valence-electron chi connectivity index (χ0n) is 17.8. The van der Waals surface area contributed by atoms with Crippen molar-refractivity contribution in [2.45, 2.75) is 18.0 Å². The number of hydrogen-bond donors (Lipinski definition) is 0. The standard InChI is InChI=1S/C25H26N2O4S/c28-25(23-11-13-24(14-12-23)32(29,30)27-15-17-31-18-16-27)26(19-21-7-3-1-4-8-21)20-22-9-5-2-6-10-22/h1-14H,15-20H2. The SMILES string of the molecule is O=C(c1ccc(S(=O)(=O)N2CCOCC2)cc1)N(Cc1ccccc1)Cc1ccccc1. The van der Waals surface area contributed by atoms with E-state index < -0.39 is 10.0 Å². The Morgan fingerprint density at radius 1 is 0.781 bits per heavy atom. The van der Waals surface area contributed by atoms with Crippen LogP contribution in [0.15, 0.2) is 89.8 Å². The summed E-state index contributed by atoms with van der Waals surface area (Å²) in [4.78, 5) is 15.3. The molecule has 0 radical (unpaired) electrons. The predicted molar refractivity (Wildman–Crippen MR) is 122 cm³/mol. The average molecular weight is 451 g/mol. The Kier molecular flexibility index (Phi) is 6.99. The van der Waals surface area contributed by atoms with Gasteiger partial charge in [0, 0.05) is 31.7 Å². The molecule has 1 aliphatic rings. The van der Waals surface area contributed by atoms with Gasteiger partial charge in [0.15, 0.2) is 0 Å². The minimum atomic E-state index is -3.59. The first-order valence-electron chi connectivity index (χ1n) is 10.6. The summed E-state index contributed by atoms with van der Waals surface area (Å²) in [5.41, 5.74) is 2.52. The van der Waals surface area contributed by atoms with Crippen molar-refractivity contribution in [3.05, 3.63) is 102 Å². The molecule has 6 nitrogen and oxygen atoms in total. The number of hydrogen-bond acceptors (Lipinski definition) is 4. The summed E-state index contributed by atoms with van der Waals surface area (Å²) in [7, 11) is -3.59. The summed E-state index contributed by atoms with van der Waals surface area (Å²) in [5, 5.41) is 0. The normalized spacial score (nSPS) is 14.8. The largest absolute Gasteiger partial charge is 0.379 e. The van der Waals surface area contributed by atoms with Crippen LogP contribution in [0, 0.1) is 0 Å². The molecular weight excluding hydrogens is 424 g/mol. The smallest absolute Gasteiger partial charge is 0.254 e. The lowest BCUT2D eigenvalue weighted by atomic mass is 10.1. The molecule has 3 aromatic rings. The lowest BCUT2D eigenvalue weighted by Crippen LogP contribution is -2.40. The van der Waals surface area contributed by atoms with E-state index in [2.05, 4.69) is 0 Å². The second kappa shape index (κ2) is 10.1. The molecule has 7 heteroatoms. The van der Waals surface area contributed by atoms with Gasteiger partial charge in [-0.2, -0.15) is 4.31 Å². The molecule has 1 fully saturated rings. The first kappa shape index (κ1) is 22.2. The molecule has 4 rings (SSSR count). The molecular formula is C25H26N2O4S. The number of carbonyl (C=O) groups excluding carboxylic acids is 1. The van der Waals surface area contributed by atoms with Crippen molar-refractivity contribution in [2.75, 3.05) is 26.3 Å². The summed E-state index contributed by atoms with van der Waals surface area (Å²) in [6.45, 7) is 2.38. The van der Waals surface area contributed by atoms with E-state index in [1.807, 2.05) is 60.7 Å². The van der Waals surface area contributed by atoms with E-state index in [0.717, 1.165) is 11.1 Å². The number of morpholine rings is 1. The highest BCUT2D eigenvalue weighted by atomic mass is 32.2. The second-order valence-corrected chi connectivity index (χ2v) is 9.61. The van der Waals surface area contributed by atoms with Gasteiger partial charge in [-0.15, -0.1) is 0 Å². The highest BCUT2D eigenvalue weighted by molar-refractivity contribution is 7.89. The van der Waals surface area contributed by atoms with Crippen LogP contribution in [0.2, 0.25) is 0 Å². The summed E-state index contributed by atoms with van der Waals surface area (Å²) in [6.07, 6.45) is 0. The lowest BCUT2D eigenvalue weighted by Gasteiger charge is -2.26. The summed E-state index contributed by atoms with van der Waals surface area (Å²) >= 11 is 0. The molecule has 0 saturated carbocycles. The van der Waals surface area contributed by atoms with Crippen molar-refractivity contribution in [1.29, 1.82) is 0 Å². The maximum Gasteiger partial charge on any atom is 0.254 e. The minimum absolute atomic E-state index is 0.145. The topological polar surface area (TPSA) is 66.9 Å². The van der Waals surface area contributed by atoms with Crippen molar-refractivity contribution in [3.63, 3.8) is 0 Å². The molecule has 1 aliphatic heterocycles. The molecule has 0 unspecified atom stereocenters. The van der Waals surface area contributed by atoms with Crippen LogP contribution in [-0.4, -0.2) is 49.8 Å². The number of nitrogens with zero attached hydrogens (tertiary/aromatic N) is 2. The average Bonchev–Trinajstić information content (AvgIpc) is 2.85. The first-order valence-corrected chi connectivity index (χ1v) is 12.0. The quantitative estimate of drug-likeness (QED) is 0.552. The van der Waals surface area contributed by atoms with E-state index in [4.69, 9.17) is 4.74 Å². The van der Waals surface area contributed by atoms with Crippen LogP contribution in [-0.2, 0) is 27.8 Å². The van der Waals surface area contributed by atoms with Gasteiger partial charge in [-0.05, 0) is 35.4 Å². The van der Waals surface area contributed by atoms with E-state index in [1.54, 1.807) is 17.0 Å². The Bertz CT molecular complexity index is 1090. The summed E-state index contributed by atoms with van der Waals surface area (Å²) < 4.78 is 32.4. The minimum Gasteiger partial charge on any atom is -0.379 e. The van der Waals surface area contributed by atoms with Gasteiger partial charge < -0.3 is 9.64 Å². The number of sulfonamides is 1. The summed E-state index contributed by atoms with van der Waals surface area (Å²) in [5.74, 6) is -0.145. The lowest BCUT2D eigenvalue weighted by molar-refractivity contribution is 0.0729. The molecule has 0 atom stereocenters. The van der Waals surface area contributed by atoms with Crippen molar-refractivity contribution in [3.8, 4) is 0 Å². The van der Waals surface area contributed by atoms with Crippen LogP contribution in [0.25, 0.3) is 0 Å². The molecule has 166 valence electrons. The number of ether oxygens (including phenoxy) is 1. The van der Waals surface area contributed by atoms with Crippen molar-refractivity contribution >= 4 is 15.9 Å². The number of rotatable bonds is 7. The third-order valence-electron chi connectivity index (χ3n) is 5.43. The zero-order valence-corrected chi connectivity index (χ0v) is 18.6. The Hall–Kier alpha value is -3.00. The molecule has 0 bridgehead atoms. The van der Waals surface area contributed by atoms with E-state index >= 15 is 0 Å². The monoisotopic (exact) mass is 450 g/mol. The second-order valence-electron chi connectivity index (χ2n) is 7.67. The van der Waals surface area contributed by atoms with Gasteiger partial charge in [-0.1, -0.05) is 60.7 Å². The molecule has 1 heterocycles. The Labute approximate surface area is 189 Å². The first-order chi connectivity index (χ1) is 15.5.